The summed E-state index contributed by atoms with van der Waals surface area (Å²) < 4.78 is 1.32. The Morgan fingerprint density at radius 2 is 2.27 bits per heavy atom. The molecular formula is C8H8N6O. The lowest BCUT2D eigenvalue weighted by atomic mass is 10.4. The van der Waals surface area contributed by atoms with Gasteiger partial charge < -0.3 is 5.73 Å². The monoisotopic (exact) mass is 204 g/mol. The van der Waals surface area contributed by atoms with Crippen molar-refractivity contribution in [3.8, 4) is 0 Å². The lowest BCUT2D eigenvalue weighted by molar-refractivity contribution is 0.688. The molecule has 0 radical (unpaired) electrons. The summed E-state index contributed by atoms with van der Waals surface area (Å²) in [5.74, 6) is -0.0288. The van der Waals surface area contributed by atoms with Gasteiger partial charge >= 0.3 is 5.69 Å². The zero-order valence-corrected chi connectivity index (χ0v) is 7.74. The molecule has 0 saturated carbocycles. The Kier molecular flexibility index (Phi) is 2.36. The van der Waals surface area contributed by atoms with Crippen molar-refractivity contribution < 1.29 is 0 Å². The van der Waals surface area contributed by atoms with Crippen molar-refractivity contribution in [2.24, 2.45) is 0 Å². The van der Waals surface area contributed by atoms with Crippen LogP contribution < -0.4 is 11.4 Å². The van der Waals surface area contributed by atoms with Crippen LogP contribution in [-0.4, -0.2) is 24.5 Å². The van der Waals surface area contributed by atoms with Gasteiger partial charge in [-0.2, -0.15) is 4.98 Å². The zero-order chi connectivity index (χ0) is 10.7. The van der Waals surface area contributed by atoms with Crippen LogP contribution in [0.4, 0.5) is 5.95 Å². The van der Waals surface area contributed by atoms with E-state index in [-0.39, 0.29) is 5.95 Å². The third kappa shape index (κ3) is 2.13. The highest BCUT2D eigenvalue weighted by Crippen LogP contribution is 1.93. The molecule has 0 amide bonds. The lowest BCUT2D eigenvalue weighted by Crippen LogP contribution is -2.25. The average molecular weight is 204 g/mol. The Morgan fingerprint density at radius 3 is 2.93 bits per heavy atom. The topological polar surface area (TPSA) is 99.6 Å². The van der Waals surface area contributed by atoms with Gasteiger partial charge in [0.2, 0.25) is 5.95 Å². The minimum absolute atomic E-state index is 0.0288. The van der Waals surface area contributed by atoms with Crippen molar-refractivity contribution in [3.63, 3.8) is 0 Å². The van der Waals surface area contributed by atoms with Gasteiger partial charge in [0.25, 0.3) is 0 Å². The van der Waals surface area contributed by atoms with Crippen molar-refractivity contribution in [1.82, 2.24) is 24.5 Å². The summed E-state index contributed by atoms with van der Waals surface area (Å²) in [4.78, 5) is 26.3. The maximum absolute atomic E-state index is 11.3. The normalized spacial score (nSPS) is 10.1. The Balaban J connectivity index is 2.29. The molecule has 2 aromatic heterocycles. The third-order valence-corrected chi connectivity index (χ3v) is 1.76. The highest BCUT2D eigenvalue weighted by atomic mass is 16.1. The quantitative estimate of drug-likeness (QED) is 0.677. The van der Waals surface area contributed by atoms with Crippen molar-refractivity contribution in [2.75, 3.05) is 5.73 Å². The molecular weight excluding hydrogens is 196 g/mol. The molecule has 0 atom stereocenters. The summed E-state index contributed by atoms with van der Waals surface area (Å²) in [5, 5.41) is 0. The van der Waals surface area contributed by atoms with Gasteiger partial charge in [0.15, 0.2) is 0 Å². The lowest BCUT2D eigenvalue weighted by Gasteiger charge is -2.02. The fourth-order valence-electron chi connectivity index (χ4n) is 1.06. The van der Waals surface area contributed by atoms with Gasteiger partial charge in [0.1, 0.15) is 12.7 Å². The maximum atomic E-state index is 11.3. The molecule has 2 aromatic rings. The number of hydrogen-bond acceptors (Lipinski definition) is 6. The summed E-state index contributed by atoms with van der Waals surface area (Å²) in [6.45, 7) is 0.307. The summed E-state index contributed by atoms with van der Waals surface area (Å²) in [7, 11) is 0. The number of hydrogen-bond donors (Lipinski definition) is 1. The molecule has 0 aliphatic rings. The van der Waals surface area contributed by atoms with E-state index in [1.807, 2.05) is 0 Å². The second-order valence-corrected chi connectivity index (χ2v) is 2.83. The number of anilines is 1. The largest absolute Gasteiger partial charge is 0.368 e. The standard InChI is InChI=1S/C8H8N6O/c9-7-12-5-14(8(15)13-7)3-6-1-2-10-4-11-6/h1-2,4-5H,3H2,(H2,9,13,15). The minimum Gasteiger partial charge on any atom is -0.368 e. The van der Waals surface area contributed by atoms with Gasteiger partial charge in [-0.25, -0.2) is 19.7 Å². The van der Waals surface area contributed by atoms with Crippen LogP contribution in [0.3, 0.4) is 0 Å². The molecule has 7 heteroatoms. The van der Waals surface area contributed by atoms with E-state index in [2.05, 4.69) is 19.9 Å². The molecule has 0 saturated heterocycles. The molecule has 15 heavy (non-hydrogen) atoms. The van der Waals surface area contributed by atoms with Crippen LogP contribution in [0.2, 0.25) is 0 Å². The second-order valence-electron chi connectivity index (χ2n) is 2.83. The summed E-state index contributed by atoms with van der Waals surface area (Å²) in [6, 6.07) is 1.71. The first-order valence-electron chi connectivity index (χ1n) is 4.19. The van der Waals surface area contributed by atoms with Gasteiger partial charge in [-0.1, -0.05) is 0 Å². The number of nitrogens with two attached hydrogens (primary N) is 1. The van der Waals surface area contributed by atoms with Crippen molar-refractivity contribution in [2.45, 2.75) is 6.54 Å². The Hall–Kier alpha value is -2.31. The molecule has 0 aliphatic carbocycles. The number of rotatable bonds is 2. The molecule has 2 heterocycles. The first-order chi connectivity index (χ1) is 7.25. The highest BCUT2D eigenvalue weighted by molar-refractivity contribution is 5.10. The molecule has 0 fully saturated rings. The van der Waals surface area contributed by atoms with Gasteiger partial charge in [0.05, 0.1) is 12.2 Å². The zero-order valence-electron chi connectivity index (χ0n) is 7.74. The van der Waals surface area contributed by atoms with E-state index < -0.39 is 5.69 Å². The fraction of sp³-hybridized carbons (Fsp3) is 0.125. The Bertz CT molecular complexity index is 508. The van der Waals surface area contributed by atoms with Gasteiger partial charge in [-0.3, -0.25) is 4.57 Å². The summed E-state index contributed by atoms with van der Waals surface area (Å²) in [6.07, 6.45) is 4.36. The number of nitrogens with zero attached hydrogens (tertiary/aromatic N) is 5. The van der Waals surface area contributed by atoms with E-state index in [4.69, 9.17) is 5.73 Å². The van der Waals surface area contributed by atoms with Gasteiger partial charge in [-0.05, 0) is 6.07 Å². The molecule has 0 aliphatic heterocycles. The molecule has 0 spiro atoms. The van der Waals surface area contributed by atoms with Crippen LogP contribution in [0.15, 0.2) is 29.7 Å². The summed E-state index contributed by atoms with van der Waals surface area (Å²) in [5.41, 5.74) is 5.53. The summed E-state index contributed by atoms with van der Waals surface area (Å²) >= 11 is 0. The molecule has 2 rings (SSSR count). The van der Waals surface area contributed by atoms with Crippen LogP contribution in [0, 0.1) is 0 Å². The fourth-order valence-corrected chi connectivity index (χ4v) is 1.06. The average Bonchev–Trinajstić information content (AvgIpc) is 2.24. The molecule has 0 bridgehead atoms. The van der Waals surface area contributed by atoms with Crippen LogP contribution in [0.5, 0.6) is 0 Å². The van der Waals surface area contributed by atoms with Crippen LogP contribution >= 0.6 is 0 Å². The van der Waals surface area contributed by atoms with Crippen molar-refractivity contribution in [3.05, 3.63) is 41.1 Å². The van der Waals surface area contributed by atoms with E-state index in [1.165, 1.54) is 17.2 Å². The maximum Gasteiger partial charge on any atom is 0.352 e. The SMILES string of the molecule is Nc1ncn(Cc2ccncn2)c(=O)n1. The second kappa shape index (κ2) is 3.82. The van der Waals surface area contributed by atoms with Gasteiger partial charge in [0, 0.05) is 6.20 Å². The highest BCUT2D eigenvalue weighted by Gasteiger charge is 2.00. The minimum atomic E-state index is -0.443. The molecule has 0 aromatic carbocycles. The van der Waals surface area contributed by atoms with E-state index in [9.17, 15) is 4.79 Å². The van der Waals surface area contributed by atoms with Crippen molar-refractivity contribution in [1.29, 1.82) is 0 Å². The Labute approximate surface area is 84.7 Å². The Morgan fingerprint density at radius 1 is 1.40 bits per heavy atom. The predicted octanol–water partition coefficient (Wildman–Crippen LogP) is -0.941. The number of aromatic nitrogens is 5. The van der Waals surface area contributed by atoms with Gasteiger partial charge in [-0.15, -0.1) is 0 Å². The first kappa shape index (κ1) is 9.25. The van der Waals surface area contributed by atoms with E-state index in [0.717, 1.165) is 0 Å². The predicted molar refractivity (Wildman–Crippen MR) is 51.8 cm³/mol. The van der Waals surface area contributed by atoms with Crippen molar-refractivity contribution >= 4 is 5.95 Å². The smallest absolute Gasteiger partial charge is 0.352 e. The van der Waals surface area contributed by atoms with E-state index in [1.54, 1.807) is 12.3 Å². The van der Waals surface area contributed by atoms with Crippen LogP contribution in [0.1, 0.15) is 5.69 Å². The van der Waals surface area contributed by atoms with E-state index >= 15 is 0 Å². The molecule has 0 unspecified atom stereocenters. The molecule has 76 valence electrons. The molecule has 7 nitrogen and oxygen atoms in total. The number of nitrogen functional groups attached to an aromatic ring is 1. The first-order valence-corrected chi connectivity index (χ1v) is 4.19. The third-order valence-electron chi connectivity index (χ3n) is 1.76. The van der Waals surface area contributed by atoms with E-state index in [0.29, 0.717) is 12.2 Å². The van der Waals surface area contributed by atoms with Crippen LogP contribution in [0.25, 0.3) is 0 Å². The molecule has 2 N–H and O–H groups in total. The van der Waals surface area contributed by atoms with Crippen LogP contribution in [-0.2, 0) is 6.54 Å².